The molecule has 0 spiro atoms. The average Bonchev–Trinajstić information content (AvgIpc) is 2.38. The van der Waals surface area contributed by atoms with Gasteiger partial charge in [0.05, 0.1) is 0 Å². The van der Waals surface area contributed by atoms with Gasteiger partial charge in [-0.2, -0.15) is 0 Å². The second-order valence-electron chi connectivity index (χ2n) is 6.66. The molecule has 132 valence electrons. The van der Waals surface area contributed by atoms with Crippen LogP contribution in [-0.2, 0) is 19.7 Å². The van der Waals surface area contributed by atoms with Gasteiger partial charge in [0.2, 0.25) is 0 Å². The SMILES string of the molecule is CC(C)O[Si](CCCc1ccc(Br)cc1)(OC(C)C)OC(C)C. The number of halogens is 1. The van der Waals surface area contributed by atoms with Crippen molar-refractivity contribution < 1.29 is 13.3 Å². The van der Waals surface area contributed by atoms with Gasteiger partial charge < -0.3 is 13.3 Å². The van der Waals surface area contributed by atoms with Crippen molar-refractivity contribution in [2.75, 3.05) is 0 Å². The molecular formula is C18H31BrO3Si. The van der Waals surface area contributed by atoms with E-state index in [0.29, 0.717) is 0 Å². The third kappa shape index (κ3) is 8.45. The molecule has 1 rings (SSSR count). The van der Waals surface area contributed by atoms with Crippen LogP contribution >= 0.6 is 15.9 Å². The minimum atomic E-state index is -2.66. The van der Waals surface area contributed by atoms with Crippen molar-refractivity contribution in [2.45, 2.75) is 78.7 Å². The van der Waals surface area contributed by atoms with E-state index in [4.69, 9.17) is 13.3 Å². The zero-order chi connectivity index (χ0) is 17.5. The molecule has 5 heteroatoms. The Balaban J connectivity index is 2.74. The monoisotopic (exact) mass is 402 g/mol. The van der Waals surface area contributed by atoms with Gasteiger partial charge in [-0.05, 0) is 72.1 Å². The van der Waals surface area contributed by atoms with Crippen molar-refractivity contribution >= 4 is 24.7 Å². The standard InChI is InChI=1S/C18H31BrO3Si/c1-14(2)20-23(21-15(3)4,22-16(5)6)13-7-8-17-9-11-18(19)12-10-17/h9-12,14-16H,7-8,13H2,1-6H3. The van der Waals surface area contributed by atoms with E-state index >= 15 is 0 Å². The van der Waals surface area contributed by atoms with Crippen molar-refractivity contribution in [3.8, 4) is 0 Å². The van der Waals surface area contributed by atoms with Gasteiger partial charge in [-0.1, -0.05) is 28.1 Å². The summed E-state index contributed by atoms with van der Waals surface area (Å²) in [5.74, 6) is 0. The Morgan fingerprint density at radius 1 is 0.826 bits per heavy atom. The van der Waals surface area contributed by atoms with Crippen LogP contribution in [0.3, 0.4) is 0 Å². The van der Waals surface area contributed by atoms with E-state index in [1.165, 1.54) is 5.56 Å². The van der Waals surface area contributed by atoms with Crippen LogP contribution in [0, 0.1) is 0 Å². The second-order valence-corrected chi connectivity index (χ2v) is 10.2. The van der Waals surface area contributed by atoms with Crippen molar-refractivity contribution in [1.82, 2.24) is 0 Å². The van der Waals surface area contributed by atoms with Crippen LogP contribution in [0.4, 0.5) is 0 Å². The molecule has 0 bridgehead atoms. The molecule has 0 fully saturated rings. The first-order chi connectivity index (χ1) is 10.7. The van der Waals surface area contributed by atoms with Gasteiger partial charge in [0.1, 0.15) is 0 Å². The van der Waals surface area contributed by atoms with Crippen LogP contribution in [0.2, 0.25) is 6.04 Å². The van der Waals surface area contributed by atoms with Crippen LogP contribution in [-0.4, -0.2) is 27.1 Å². The lowest BCUT2D eigenvalue weighted by Crippen LogP contribution is -2.50. The summed E-state index contributed by atoms with van der Waals surface area (Å²) < 4.78 is 19.7. The molecule has 23 heavy (non-hydrogen) atoms. The molecule has 0 aromatic heterocycles. The Labute approximate surface area is 151 Å². The van der Waals surface area contributed by atoms with Gasteiger partial charge >= 0.3 is 8.80 Å². The summed E-state index contributed by atoms with van der Waals surface area (Å²) in [6.07, 6.45) is 2.32. The lowest BCUT2D eigenvalue weighted by atomic mass is 10.1. The minimum absolute atomic E-state index is 0.104. The average molecular weight is 403 g/mol. The van der Waals surface area contributed by atoms with Crippen LogP contribution in [0.25, 0.3) is 0 Å². The molecule has 0 N–H and O–H groups in total. The van der Waals surface area contributed by atoms with Crippen molar-refractivity contribution in [3.63, 3.8) is 0 Å². The van der Waals surface area contributed by atoms with Gasteiger partial charge in [0.25, 0.3) is 0 Å². The smallest absolute Gasteiger partial charge is 0.371 e. The summed E-state index contributed by atoms with van der Waals surface area (Å²) in [6, 6.07) is 9.32. The van der Waals surface area contributed by atoms with E-state index in [2.05, 4.69) is 40.2 Å². The molecule has 0 aliphatic rings. The molecule has 0 unspecified atom stereocenters. The summed E-state index contributed by atoms with van der Waals surface area (Å²) in [4.78, 5) is 0. The first kappa shape index (κ1) is 20.8. The Morgan fingerprint density at radius 2 is 1.26 bits per heavy atom. The topological polar surface area (TPSA) is 27.7 Å². The first-order valence-corrected chi connectivity index (χ1v) is 11.2. The summed E-state index contributed by atoms with van der Waals surface area (Å²) >= 11 is 3.47. The van der Waals surface area contributed by atoms with Crippen LogP contribution in [0.5, 0.6) is 0 Å². The van der Waals surface area contributed by atoms with Gasteiger partial charge in [-0.15, -0.1) is 0 Å². The van der Waals surface area contributed by atoms with E-state index in [0.717, 1.165) is 23.4 Å². The summed E-state index contributed by atoms with van der Waals surface area (Å²) in [7, 11) is -2.66. The van der Waals surface area contributed by atoms with Crippen LogP contribution in [0.1, 0.15) is 53.5 Å². The van der Waals surface area contributed by atoms with E-state index < -0.39 is 8.80 Å². The number of aryl methyl sites for hydroxylation is 1. The highest BCUT2D eigenvalue weighted by atomic mass is 79.9. The molecule has 1 aromatic carbocycles. The molecule has 0 atom stereocenters. The number of benzene rings is 1. The van der Waals surface area contributed by atoms with Gasteiger partial charge in [-0.25, -0.2) is 0 Å². The van der Waals surface area contributed by atoms with Crippen LogP contribution in [0.15, 0.2) is 28.7 Å². The van der Waals surface area contributed by atoms with Crippen molar-refractivity contribution in [2.24, 2.45) is 0 Å². The van der Waals surface area contributed by atoms with Crippen molar-refractivity contribution in [1.29, 1.82) is 0 Å². The summed E-state index contributed by atoms with van der Waals surface area (Å²) in [5.41, 5.74) is 1.33. The van der Waals surface area contributed by atoms with Crippen molar-refractivity contribution in [3.05, 3.63) is 34.3 Å². The molecular weight excluding hydrogens is 372 g/mol. The fourth-order valence-electron chi connectivity index (χ4n) is 2.50. The van der Waals surface area contributed by atoms with E-state index in [1.54, 1.807) is 0 Å². The minimum Gasteiger partial charge on any atom is -0.371 e. The van der Waals surface area contributed by atoms with Gasteiger partial charge in [0, 0.05) is 28.8 Å². The maximum Gasteiger partial charge on any atom is 0.501 e. The molecule has 0 saturated carbocycles. The summed E-state index contributed by atoms with van der Waals surface area (Å²) in [5, 5.41) is 0. The molecule has 3 nitrogen and oxygen atoms in total. The van der Waals surface area contributed by atoms with E-state index in [1.807, 2.05) is 41.5 Å². The molecule has 1 aromatic rings. The van der Waals surface area contributed by atoms with E-state index in [9.17, 15) is 0 Å². The third-order valence-corrected chi connectivity index (χ3v) is 7.09. The quantitative estimate of drug-likeness (QED) is 0.476. The Hall–Kier alpha value is -0.203. The molecule has 0 aliphatic heterocycles. The predicted octanol–water partition coefficient (Wildman–Crippen LogP) is 5.60. The lowest BCUT2D eigenvalue weighted by molar-refractivity contribution is 0.00292. The van der Waals surface area contributed by atoms with Crippen LogP contribution < -0.4 is 0 Å². The van der Waals surface area contributed by atoms with E-state index in [-0.39, 0.29) is 18.3 Å². The predicted molar refractivity (Wildman–Crippen MR) is 102 cm³/mol. The largest absolute Gasteiger partial charge is 0.501 e. The highest BCUT2D eigenvalue weighted by Gasteiger charge is 2.43. The molecule has 0 saturated heterocycles. The number of hydrogen-bond acceptors (Lipinski definition) is 3. The zero-order valence-electron chi connectivity index (χ0n) is 15.3. The van der Waals surface area contributed by atoms with Gasteiger partial charge in [0.15, 0.2) is 0 Å². The maximum absolute atomic E-state index is 6.20. The molecule has 0 heterocycles. The Kier molecular flexibility index (Phi) is 9.01. The molecule has 0 aliphatic carbocycles. The Bertz CT molecular complexity index is 420. The third-order valence-electron chi connectivity index (χ3n) is 3.11. The highest BCUT2D eigenvalue weighted by Crippen LogP contribution is 2.25. The zero-order valence-corrected chi connectivity index (χ0v) is 17.9. The normalized spacial score (nSPS) is 12.6. The summed E-state index contributed by atoms with van der Waals surface area (Å²) in [6.45, 7) is 12.3. The maximum atomic E-state index is 6.20. The fourth-order valence-corrected chi connectivity index (χ4v) is 6.05. The highest BCUT2D eigenvalue weighted by molar-refractivity contribution is 9.10. The number of hydrogen-bond donors (Lipinski definition) is 0. The molecule has 0 amide bonds. The lowest BCUT2D eigenvalue weighted by Gasteiger charge is -2.34. The molecule has 0 radical (unpaired) electrons. The second kappa shape index (κ2) is 9.94. The van der Waals surface area contributed by atoms with Gasteiger partial charge in [-0.3, -0.25) is 0 Å². The fraction of sp³-hybridized carbons (Fsp3) is 0.667. The number of rotatable bonds is 10. The Morgan fingerprint density at radius 3 is 1.65 bits per heavy atom. The first-order valence-electron chi connectivity index (χ1n) is 8.50.